The van der Waals surface area contributed by atoms with Crippen LogP contribution in [-0.4, -0.2) is 25.2 Å². The zero-order chi connectivity index (χ0) is 17.4. The first kappa shape index (κ1) is 19.3. The second-order valence-corrected chi connectivity index (χ2v) is 5.69. The molecule has 0 aliphatic carbocycles. The van der Waals surface area contributed by atoms with Crippen LogP contribution >= 0.6 is 0 Å². The number of allylic oxidation sites excluding steroid dienone is 2. The monoisotopic (exact) mass is 323 g/mol. The highest BCUT2D eigenvalue weighted by Crippen LogP contribution is 2.35. The van der Waals surface area contributed by atoms with Crippen molar-refractivity contribution in [2.75, 3.05) is 13.2 Å². The maximum atomic E-state index is 12.4. The van der Waals surface area contributed by atoms with E-state index in [-0.39, 0.29) is 17.9 Å². The number of hydrogen-bond donors (Lipinski definition) is 1. The molecule has 0 amide bonds. The van der Waals surface area contributed by atoms with Gasteiger partial charge < -0.3 is 14.8 Å². The van der Waals surface area contributed by atoms with Gasteiger partial charge in [0.25, 0.3) is 0 Å². The zero-order valence-corrected chi connectivity index (χ0v) is 15.0. The molecule has 0 aromatic rings. The topological polar surface area (TPSA) is 64.6 Å². The van der Waals surface area contributed by atoms with Gasteiger partial charge in [-0.1, -0.05) is 26.2 Å². The summed E-state index contributed by atoms with van der Waals surface area (Å²) in [5.41, 5.74) is 2.62. The van der Waals surface area contributed by atoms with Crippen LogP contribution in [0.15, 0.2) is 22.5 Å². The Hall–Kier alpha value is -1.78. The third-order valence-electron chi connectivity index (χ3n) is 3.97. The van der Waals surface area contributed by atoms with Crippen LogP contribution in [0.25, 0.3) is 0 Å². The van der Waals surface area contributed by atoms with Crippen LogP contribution in [-0.2, 0) is 19.1 Å². The van der Waals surface area contributed by atoms with Crippen LogP contribution in [0, 0.1) is 5.92 Å². The molecule has 23 heavy (non-hydrogen) atoms. The van der Waals surface area contributed by atoms with Gasteiger partial charge in [-0.05, 0) is 34.1 Å². The molecule has 5 nitrogen and oxygen atoms in total. The maximum absolute atomic E-state index is 12.4. The first-order valence-electron chi connectivity index (χ1n) is 8.50. The summed E-state index contributed by atoms with van der Waals surface area (Å²) in [4.78, 5) is 24.8. The minimum Gasteiger partial charge on any atom is -0.463 e. The third kappa shape index (κ3) is 4.85. The molecule has 0 bridgehead atoms. The average molecular weight is 323 g/mol. The Morgan fingerprint density at radius 3 is 1.78 bits per heavy atom. The molecule has 1 heterocycles. The molecule has 0 aromatic heterocycles. The van der Waals surface area contributed by atoms with Gasteiger partial charge >= 0.3 is 11.9 Å². The quantitative estimate of drug-likeness (QED) is 0.547. The van der Waals surface area contributed by atoms with Crippen molar-refractivity contribution in [3.05, 3.63) is 22.5 Å². The van der Waals surface area contributed by atoms with Gasteiger partial charge in [0.2, 0.25) is 0 Å². The normalized spacial score (nSPS) is 15.5. The summed E-state index contributed by atoms with van der Waals surface area (Å²) in [6.07, 6.45) is 3.84. The van der Waals surface area contributed by atoms with E-state index in [4.69, 9.17) is 9.47 Å². The first-order chi connectivity index (χ1) is 11.0. The van der Waals surface area contributed by atoms with Gasteiger partial charge in [-0.25, -0.2) is 9.59 Å². The Morgan fingerprint density at radius 1 is 0.913 bits per heavy atom. The molecular weight excluding hydrogens is 294 g/mol. The van der Waals surface area contributed by atoms with Crippen LogP contribution in [0.1, 0.15) is 60.3 Å². The number of ether oxygens (including phenoxy) is 2. The van der Waals surface area contributed by atoms with Crippen LogP contribution in [0.5, 0.6) is 0 Å². The van der Waals surface area contributed by atoms with E-state index in [1.165, 1.54) is 0 Å². The van der Waals surface area contributed by atoms with Crippen molar-refractivity contribution in [1.82, 2.24) is 5.32 Å². The number of carbonyl (C=O) groups excluding carboxylic acids is 2. The number of unbranched alkanes of at least 4 members (excludes halogenated alkanes) is 2. The summed E-state index contributed by atoms with van der Waals surface area (Å²) in [5.74, 6) is -0.970. The number of carbonyl (C=O) groups is 2. The van der Waals surface area contributed by atoms with Gasteiger partial charge in [0, 0.05) is 17.3 Å². The minimum absolute atomic E-state index is 0.263. The van der Waals surface area contributed by atoms with E-state index in [1.54, 1.807) is 13.8 Å². The Kier molecular flexibility index (Phi) is 7.86. The Morgan fingerprint density at radius 2 is 1.39 bits per heavy atom. The lowest BCUT2D eigenvalue weighted by atomic mass is 9.82. The van der Waals surface area contributed by atoms with Crippen molar-refractivity contribution < 1.29 is 19.1 Å². The van der Waals surface area contributed by atoms with E-state index in [0.29, 0.717) is 24.4 Å². The largest absolute Gasteiger partial charge is 0.463 e. The highest BCUT2D eigenvalue weighted by molar-refractivity contribution is 5.97. The number of hydrogen-bond acceptors (Lipinski definition) is 5. The number of dihydropyridines is 1. The Balaban J connectivity index is 3.18. The molecule has 0 spiro atoms. The van der Waals surface area contributed by atoms with Gasteiger partial charge in [0.05, 0.1) is 24.4 Å². The molecular formula is C18H29NO4. The summed E-state index contributed by atoms with van der Waals surface area (Å²) >= 11 is 0. The molecule has 1 N–H and O–H groups in total. The molecule has 0 fully saturated rings. The molecule has 0 unspecified atom stereocenters. The summed E-state index contributed by atoms with van der Waals surface area (Å²) < 4.78 is 10.4. The van der Waals surface area contributed by atoms with Crippen molar-refractivity contribution in [3.8, 4) is 0 Å². The van der Waals surface area contributed by atoms with E-state index >= 15 is 0 Å². The molecule has 130 valence electrons. The van der Waals surface area contributed by atoms with E-state index in [0.717, 1.165) is 37.1 Å². The van der Waals surface area contributed by atoms with Crippen LogP contribution in [0.4, 0.5) is 0 Å². The average Bonchev–Trinajstić information content (AvgIpc) is 2.47. The fraction of sp³-hybridized carbons (Fsp3) is 0.667. The number of rotatable bonds is 8. The predicted molar refractivity (Wildman–Crippen MR) is 89.4 cm³/mol. The second-order valence-electron chi connectivity index (χ2n) is 5.69. The number of nitrogens with one attached hydrogen (secondary N) is 1. The molecule has 0 aromatic carbocycles. The molecule has 0 saturated heterocycles. The van der Waals surface area contributed by atoms with E-state index in [2.05, 4.69) is 12.2 Å². The van der Waals surface area contributed by atoms with Gasteiger partial charge in [-0.2, -0.15) is 0 Å². The number of esters is 2. The molecule has 1 aliphatic heterocycles. The summed E-state index contributed by atoms with van der Waals surface area (Å²) in [6.45, 7) is 10.0. The summed E-state index contributed by atoms with van der Waals surface area (Å²) in [5, 5.41) is 3.14. The first-order valence-corrected chi connectivity index (χ1v) is 8.50. The molecule has 0 radical (unpaired) electrons. The summed E-state index contributed by atoms with van der Waals surface area (Å²) in [7, 11) is 0. The Labute approximate surface area is 139 Å². The van der Waals surface area contributed by atoms with Gasteiger partial charge in [0.15, 0.2) is 0 Å². The zero-order valence-electron chi connectivity index (χ0n) is 15.0. The second kappa shape index (κ2) is 9.38. The van der Waals surface area contributed by atoms with E-state index in [9.17, 15) is 9.59 Å². The maximum Gasteiger partial charge on any atom is 0.336 e. The van der Waals surface area contributed by atoms with E-state index in [1.807, 2.05) is 13.8 Å². The van der Waals surface area contributed by atoms with Crippen LogP contribution in [0.3, 0.4) is 0 Å². The van der Waals surface area contributed by atoms with Gasteiger partial charge in [-0.3, -0.25) is 0 Å². The molecule has 0 saturated carbocycles. The van der Waals surface area contributed by atoms with Crippen molar-refractivity contribution in [3.63, 3.8) is 0 Å². The highest BCUT2D eigenvalue weighted by atomic mass is 16.5. The predicted octanol–water partition coefficient (Wildman–Crippen LogP) is 3.46. The van der Waals surface area contributed by atoms with Crippen LogP contribution in [0.2, 0.25) is 0 Å². The summed E-state index contributed by atoms with van der Waals surface area (Å²) in [6, 6.07) is 0. The SMILES string of the molecule is CCCCCC1C(C(=O)OCC)=C(C)NC(C)=C1C(=O)OCC. The molecule has 1 aliphatic rings. The van der Waals surface area contributed by atoms with Crippen molar-refractivity contribution in [2.45, 2.75) is 60.3 Å². The van der Waals surface area contributed by atoms with Crippen molar-refractivity contribution >= 4 is 11.9 Å². The molecule has 0 atom stereocenters. The van der Waals surface area contributed by atoms with Crippen LogP contribution < -0.4 is 5.32 Å². The van der Waals surface area contributed by atoms with Crippen molar-refractivity contribution in [2.24, 2.45) is 5.92 Å². The lowest BCUT2D eigenvalue weighted by molar-refractivity contribution is -0.140. The standard InChI is InChI=1S/C18H29NO4/c1-6-9-10-11-14-15(17(20)22-7-2)12(4)19-13(5)16(14)18(21)23-8-3/h14,19H,6-11H2,1-5H3. The van der Waals surface area contributed by atoms with Gasteiger partial charge in [-0.15, -0.1) is 0 Å². The minimum atomic E-state index is -0.353. The molecule has 1 rings (SSSR count). The highest BCUT2D eigenvalue weighted by Gasteiger charge is 2.36. The van der Waals surface area contributed by atoms with Gasteiger partial charge in [0.1, 0.15) is 0 Å². The fourth-order valence-electron chi connectivity index (χ4n) is 2.98. The molecule has 5 heteroatoms. The Bertz CT molecular complexity index is 465. The lowest BCUT2D eigenvalue weighted by Crippen LogP contribution is -2.33. The smallest absolute Gasteiger partial charge is 0.336 e. The fourth-order valence-corrected chi connectivity index (χ4v) is 2.98. The lowest BCUT2D eigenvalue weighted by Gasteiger charge is -2.30. The van der Waals surface area contributed by atoms with E-state index < -0.39 is 0 Å². The third-order valence-corrected chi connectivity index (χ3v) is 3.97. The van der Waals surface area contributed by atoms with Crippen molar-refractivity contribution in [1.29, 1.82) is 0 Å².